The molecule has 0 saturated heterocycles. The van der Waals surface area contributed by atoms with Gasteiger partial charge in [0.2, 0.25) is 0 Å². The second-order valence-electron chi connectivity index (χ2n) is 4.54. The van der Waals surface area contributed by atoms with Gasteiger partial charge in [-0.1, -0.05) is 12.5 Å². The number of hydrogen-bond acceptors (Lipinski definition) is 3. The summed E-state index contributed by atoms with van der Waals surface area (Å²) >= 11 is 0. The third kappa shape index (κ3) is 3.39. The number of pyridine rings is 1. The van der Waals surface area contributed by atoms with Gasteiger partial charge in [-0.3, -0.25) is 9.93 Å². The first kappa shape index (κ1) is 12.7. The maximum Gasteiger partial charge on any atom is 0.353 e. The summed E-state index contributed by atoms with van der Waals surface area (Å²) < 4.78 is 11.7. The molecule has 0 aliphatic heterocycles. The molecule has 1 aliphatic carbocycles. The van der Waals surface area contributed by atoms with Crippen LogP contribution in [-0.2, 0) is 16.2 Å². The molecule has 1 aromatic heterocycles. The second-order valence-corrected chi connectivity index (χ2v) is 4.54. The zero-order valence-electron chi connectivity index (χ0n) is 10.2. The van der Waals surface area contributed by atoms with Gasteiger partial charge in [0, 0.05) is 16.9 Å². The molecule has 96 valence electrons. The van der Waals surface area contributed by atoms with Crippen LogP contribution >= 0.6 is 0 Å². The van der Waals surface area contributed by atoms with Crippen LogP contribution in [0.25, 0.3) is 5.57 Å². The van der Waals surface area contributed by atoms with Crippen molar-refractivity contribution in [3.05, 3.63) is 35.7 Å². The van der Waals surface area contributed by atoms with Crippen molar-refractivity contribution in [1.29, 1.82) is 0 Å². The highest BCUT2D eigenvalue weighted by Gasteiger charge is 2.09. The van der Waals surface area contributed by atoms with Gasteiger partial charge in [-0.15, -0.1) is 0 Å². The summed E-state index contributed by atoms with van der Waals surface area (Å²) in [6.07, 6.45) is 11.3. The molecule has 0 bridgehead atoms. The highest BCUT2D eigenvalue weighted by molar-refractivity contribution is 5.73. The molecule has 0 unspecified atom stereocenters. The molecule has 0 radical (unpaired) electrons. The van der Waals surface area contributed by atoms with Gasteiger partial charge < -0.3 is 0 Å². The van der Waals surface area contributed by atoms with Crippen LogP contribution in [-0.4, -0.2) is 11.0 Å². The van der Waals surface area contributed by atoms with Crippen LogP contribution < -0.4 is 0 Å². The lowest BCUT2D eigenvalue weighted by molar-refractivity contribution is -0.182. The van der Waals surface area contributed by atoms with E-state index < -0.39 is 5.97 Å². The molecule has 0 amide bonds. The van der Waals surface area contributed by atoms with Crippen LogP contribution in [0.15, 0.2) is 24.5 Å². The lowest BCUT2D eigenvalue weighted by Crippen LogP contribution is -2.03. The molecule has 0 N–H and O–H groups in total. The first-order valence-electron chi connectivity index (χ1n) is 6.24. The topological polar surface area (TPSA) is 39.2 Å². The minimum absolute atomic E-state index is 0.0788. The SMILES string of the molecule is O=C(Cc1cncc(C2=CCCCCC2)c1)OF. The molecular formula is C14H16FNO2. The molecule has 0 spiro atoms. The Labute approximate surface area is 106 Å². The summed E-state index contributed by atoms with van der Waals surface area (Å²) in [5.74, 6) is -0.885. The smallest absolute Gasteiger partial charge is 0.264 e. The van der Waals surface area contributed by atoms with Crippen molar-refractivity contribution in [3.63, 3.8) is 0 Å². The van der Waals surface area contributed by atoms with Crippen LogP contribution in [0.1, 0.15) is 43.2 Å². The van der Waals surface area contributed by atoms with E-state index >= 15 is 0 Å². The van der Waals surface area contributed by atoms with Gasteiger partial charge in [-0.2, -0.15) is 0 Å². The van der Waals surface area contributed by atoms with Crippen molar-refractivity contribution >= 4 is 11.5 Å². The van der Waals surface area contributed by atoms with E-state index in [1.165, 1.54) is 24.8 Å². The number of nitrogens with zero attached hydrogens (tertiary/aromatic N) is 1. The van der Waals surface area contributed by atoms with Crippen molar-refractivity contribution in [1.82, 2.24) is 4.98 Å². The fraction of sp³-hybridized carbons (Fsp3) is 0.429. The van der Waals surface area contributed by atoms with Crippen LogP contribution in [0.3, 0.4) is 0 Å². The summed E-state index contributed by atoms with van der Waals surface area (Å²) in [6, 6.07) is 1.89. The van der Waals surface area contributed by atoms with E-state index in [1.807, 2.05) is 6.07 Å². The molecule has 0 fully saturated rings. The zero-order chi connectivity index (χ0) is 12.8. The minimum atomic E-state index is -0.885. The quantitative estimate of drug-likeness (QED) is 0.824. The molecule has 4 heteroatoms. The Kier molecular flexibility index (Phi) is 4.45. The van der Waals surface area contributed by atoms with Crippen molar-refractivity contribution in [2.45, 2.75) is 38.5 Å². The highest BCUT2D eigenvalue weighted by Crippen LogP contribution is 2.26. The third-order valence-corrected chi connectivity index (χ3v) is 3.14. The molecule has 18 heavy (non-hydrogen) atoms. The molecule has 0 atom stereocenters. The fourth-order valence-electron chi connectivity index (χ4n) is 2.23. The predicted molar refractivity (Wildman–Crippen MR) is 66.2 cm³/mol. The number of rotatable bonds is 3. The Morgan fingerprint density at radius 3 is 3.06 bits per heavy atom. The van der Waals surface area contributed by atoms with Gasteiger partial charge in [0.15, 0.2) is 0 Å². The van der Waals surface area contributed by atoms with Gasteiger partial charge in [-0.05, 0) is 48.4 Å². The monoisotopic (exact) mass is 249 g/mol. The second kappa shape index (κ2) is 6.28. The molecule has 0 aromatic carbocycles. The predicted octanol–water partition coefficient (Wildman–Crippen LogP) is 3.40. The van der Waals surface area contributed by atoms with E-state index in [1.54, 1.807) is 12.4 Å². The molecule has 1 aromatic rings. The lowest BCUT2D eigenvalue weighted by atomic mass is 10.0. The maximum atomic E-state index is 11.7. The average Bonchev–Trinajstić information content (AvgIpc) is 2.68. The number of hydrogen-bond donors (Lipinski definition) is 0. The van der Waals surface area contributed by atoms with Crippen LogP contribution in [0, 0.1) is 0 Å². The molecule has 0 saturated carbocycles. The van der Waals surface area contributed by atoms with Crippen molar-refractivity contribution < 1.29 is 14.3 Å². The normalized spacial score (nSPS) is 15.7. The van der Waals surface area contributed by atoms with Crippen molar-refractivity contribution in [3.8, 4) is 0 Å². The Hall–Kier alpha value is -1.71. The van der Waals surface area contributed by atoms with Crippen LogP contribution in [0.2, 0.25) is 0 Å². The summed E-state index contributed by atoms with van der Waals surface area (Å²) in [4.78, 5) is 18.2. The maximum absolute atomic E-state index is 11.7. The summed E-state index contributed by atoms with van der Waals surface area (Å²) in [6.45, 7) is 0. The summed E-state index contributed by atoms with van der Waals surface area (Å²) in [5, 5.41) is 0. The zero-order valence-corrected chi connectivity index (χ0v) is 10.2. The van der Waals surface area contributed by atoms with Crippen LogP contribution in [0.5, 0.6) is 0 Å². The van der Waals surface area contributed by atoms with E-state index in [0.717, 1.165) is 18.4 Å². The first-order valence-corrected chi connectivity index (χ1v) is 6.24. The van der Waals surface area contributed by atoms with E-state index in [4.69, 9.17) is 0 Å². The summed E-state index contributed by atoms with van der Waals surface area (Å²) in [5.41, 5.74) is 2.98. The van der Waals surface area contributed by atoms with Crippen molar-refractivity contribution in [2.75, 3.05) is 0 Å². The Morgan fingerprint density at radius 1 is 1.33 bits per heavy atom. The minimum Gasteiger partial charge on any atom is -0.264 e. The first-order chi connectivity index (χ1) is 8.79. The van der Waals surface area contributed by atoms with E-state index in [9.17, 15) is 9.32 Å². The fourth-order valence-corrected chi connectivity index (χ4v) is 2.23. The molecule has 3 nitrogen and oxygen atoms in total. The standard InChI is InChI=1S/C14H16FNO2/c15-18-14(17)8-11-7-13(10-16-9-11)12-5-3-1-2-4-6-12/h5,7,9-10H,1-4,6,8H2. The van der Waals surface area contributed by atoms with Gasteiger partial charge in [-0.25, -0.2) is 4.79 Å². The lowest BCUT2D eigenvalue weighted by Gasteiger charge is -2.06. The van der Waals surface area contributed by atoms with E-state index in [2.05, 4.69) is 16.0 Å². The number of carbonyl (C=O) groups is 1. The Morgan fingerprint density at radius 2 is 2.22 bits per heavy atom. The Bertz CT molecular complexity index is 457. The average molecular weight is 249 g/mol. The molecule has 2 rings (SSSR count). The largest absolute Gasteiger partial charge is 0.353 e. The van der Waals surface area contributed by atoms with E-state index in [-0.39, 0.29) is 6.42 Å². The Balaban J connectivity index is 2.15. The van der Waals surface area contributed by atoms with Gasteiger partial charge in [0.1, 0.15) is 0 Å². The highest BCUT2D eigenvalue weighted by atomic mass is 19.3. The molecule has 1 heterocycles. The molecule has 1 aliphatic rings. The number of carbonyl (C=O) groups excluding carboxylic acids is 1. The van der Waals surface area contributed by atoms with E-state index in [0.29, 0.717) is 5.56 Å². The number of aromatic nitrogens is 1. The van der Waals surface area contributed by atoms with Crippen molar-refractivity contribution in [2.24, 2.45) is 0 Å². The third-order valence-electron chi connectivity index (χ3n) is 3.14. The molecular weight excluding hydrogens is 233 g/mol. The number of halogens is 1. The summed E-state index contributed by atoms with van der Waals surface area (Å²) in [7, 11) is 0. The number of allylic oxidation sites excluding steroid dienone is 2. The van der Waals surface area contributed by atoms with Gasteiger partial charge >= 0.3 is 5.97 Å². The van der Waals surface area contributed by atoms with Gasteiger partial charge in [0.05, 0.1) is 6.42 Å². The van der Waals surface area contributed by atoms with Crippen LogP contribution in [0.4, 0.5) is 4.53 Å². The van der Waals surface area contributed by atoms with Gasteiger partial charge in [0.25, 0.3) is 0 Å².